The minimum absolute atomic E-state index is 0.317. The molecule has 4 nitrogen and oxygen atoms in total. The summed E-state index contributed by atoms with van der Waals surface area (Å²) in [6.45, 7) is 0.610. The first-order valence-electron chi connectivity index (χ1n) is 7.12. The standard InChI is InChI=1S/C16H15FN4/c17-13-7-12(8-18-14-5-6-14)16(19-10-13)21-15-4-2-1-3-11(15)9-20-21/h1-4,7,9-10,14,18H,5-6,8H2. The number of aromatic nitrogens is 3. The maximum Gasteiger partial charge on any atom is 0.158 e. The molecule has 2 heterocycles. The van der Waals surface area contributed by atoms with Crippen LogP contribution in [0.25, 0.3) is 16.7 Å². The van der Waals surface area contributed by atoms with Gasteiger partial charge in [0.05, 0.1) is 17.9 Å². The highest BCUT2D eigenvalue weighted by Gasteiger charge is 2.21. The lowest BCUT2D eigenvalue weighted by molar-refractivity contribution is 0.608. The van der Waals surface area contributed by atoms with Gasteiger partial charge in [0.15, 0.2) is 5.82 Å². The van der Waals surface area contributed by atoms with Crippen molar-refractivity contribution < 1.29 is 4.39 Å². The Balaban J connectivity index is 1.79. The van der Waals surface area contributed by atoms with E-state index < -0.39 is 0 Å². The highest BCUT2D eigenvalue weighted by Crippen LogP contribution is 2.22. The predicted molar refractivity (Wildman–Crippen MR) is 78.7 cm³/mol. The first-order chi connectivity index (χ1) is 10.3. The Morgan fingerprint density at radius 3 is 2.95 bits per heavy atom. The quantitative estimate of drug-likeness (QED) is 0.800. The average Bonchev–Trinajstić information content (AvgIpc) is 3.24. The van der Waals surface area contributed by atoms with Gasteiger partial charge in [0.25, 0.3) is 0 Å². The Labute approximate surface area is 121 Å². The SMILES string of the molecule is Fc1cnc(-n2ncc3ccccc32)c(CNC2CC2)c1. The van der Waals surface area contributed by atoms with E-state index in [1.54, 1.807) is 10.9 Å². The molecule has 4 rings (SSSR count). The molecule has 0 atom stereocenters. The lowest BCUT2D eigenvalue weighted by Crippen LogP contribution is -2.18. The zero-order chi connectivity index (χ0) is 14.2. The summed E-state index contributed by atoms with van der Waals surface area (Å²) in [6, 6.07) is 10.0. The van der Waals surface area contributed by atoms with Crippen LogP contribution in [0, 0.1) is 5.82 Å². The normalized spacial score (nSPS) is 14.7. The number of fused-ring (bicyclic) bond motifs is 1. The third-order valence-electron chi connectivity index (χ3n) is 3.75. The zero-order valence-electron chi connectivity index (χ0n) is 11.5. The summed E-state index contributed by atoms with van der Waals surface area (Å²) in [6.07, 6.45) is 5.44. The van der Waals surface area contributed by atoms with E-state index >= 15 is 0 Å². The van der Waals surface area contributed by atoms with Crippen molar-refractivity contribution in [1.29, 1.82) is 0 Å². The Morgan fingerprint density at radius 2 is 2.10 bits per heavy atom. The molecule has 1 saturated carbocycles. The topological polar surface area (TPSA) is 42.7 Å². The van der Waals surface area contributed by atoms with Crippen LogP contribution in [-0.4, -0.2) is 20.8 Å². The van der Waals surface area contributed by atoms with Gasteiger partial charge in [-0.15, -0.1) is 0 Å². The minimum atomic E-state index is -0.317. The van der Waals surface area contributed by atoms with Crippen LogP contribution in [0.3, 0.4) is 0 Å². The molecule has 0 radical (unpaired) electrons. The number of hydrogen-bond acceptors (Lipinski definition) is 3. The molecule has 21 heavy (non-hydrogen) atoms. The monoisotopic (exact) mass is 282 g/mol. The molecule has 3 aromatic rings. The summed E-state index contributed by atoms with van der Waals surface area (Å²) in [5, 5.41) is 8.85. The van der Waals surface area contributed by atoms with E-state index in [0.29, 0.717) is 18.4 Å². The molecule has 0 aliphatic heterocycles. The van der Waals surface area contributed by atoms with Crippen LogP contribution in [0.15, 0.2) is 42.7 Å². The second-order valence-corrected chi connectivity index (χ2v) is 5.41. The van der Waals surface area contributed by atoms with Crippen LogP contribution in [0.1, 0.15) is 18.4 Å². The highest BCUT2D eigenvalue weighted by molar-refractivity contribution is 5.79. The molecule has 1 fully saturated rings. The number of pyridine rings is 1. The van der Waals surface area contributed by atoms with Crippen molar-refractivity contribution in [2.75, 3.05) is 0 Å². The van der Waals surface area contributed by atoms with Crippen LogP contribution in [0.4, 0.5) is 4.39 Å². The Hall–Kier alpha value is -2.27. The van der Waals surface area contributed by atoms with Gasteiger partial charge in [0.2, 0.25) is 0 Å². The smallest absolute Gasteiger partial charge is 0.158 e. The first-order valence-corrected chi connectivity index (χ1v) is 7.12. The number of rotatable bonds is 4. The molecular weight excluding hydrogens is 267 g/mol. The molecule has 1 aliphatic carbocycles. The molecule has 5 heteroatoms. The number of nitrogens with one attached hydrogen (secondary N) is 1. The zero-order valence-corrected chi connectivity index (χ0v) is 11.5. The first kappa shape index (κ1) is 12.5. The van der Waals surface area contributed by atoms with Gasteiger partial charge in [-0.3, -0.25) is 0 Å². The third kappa shape index (κ3) is 2.40. The van der Waals surface area contributed by atoms with E-state index in [1.165, 1.54) is 25.1 Å². The molecule has 1 aliphatic rings. The molecule has 2 aromatic heterocycles. The van der Waals surface area contributed by atoms with E-state index in [0.717, 1.165) is 16.5 Å². The number of hydrogen-bond donors (Lipinski definition) is 1. The molecule has 1 N–H and O–H groups in total. The van der Waals surface area contributed by atoms with Crippen molar-refractivity contribution in [2.45, 2.75) is 25.4 Å². The predicted octanol–water partition coefficient (Wildman–Crippen LogP) is 2.81. The molecule has 1 aromatic carbocycles. The van der Waals surface area contributed by atoms with Crippen LogP contribution < -0.4 is 5.32 Å². The fourth-order valence-electron chi connectivity index (χ4n) is 2.48. The second-order valence-electron chi connectivity index (χ2n) is 5.41. The molecule has 0 bridgehead atoms. The van der Waals surface area contributed by atoms with E-state index in [1.807, 2.05) is 24.3 Å². The summed E-state index contributed by atoms with van der Waals surface area (Å²) in [4.78, 5) is 4.25. The van der Waals surface area contributed by atoms with Gasteiger partial charge in [0.1, 0.15) is 5.82 Å². The fourth-order valence-corrected chi connectivity index (χ4v) is 2.48. The molecule has 0 saturated heterocycles. The lowest BCUT2D eigenvalue weighted by Gasteiger charge is -2.10. The van der Waals surface area contributed by atoms with Gasteiger partial charge in [-0.25, -0.2) is 14.1 Å². The number of nitrogens with zero attached hydrogens (tertiary/aromatic N) is 3. The summed E-state index contributed by atoms with van der Waals surface area (Å²) in [5.41, 5.74) is 1.81. The van der Waals surface area contributed by atoms with Gasteiger partial charge in [-0.2, -0.15) is 5.10 Å². The van der Waals surface area contributed by atoms with Crippen LogP contribution in [0.2, 0.25) is 0 Å². The number of para-hydroxylation sites is 1. The largest absolute Gasteiger partial charge is 0.310 e. The summed E-state index contributed by atoms with van der Waals surface area (Å²) in [7, 11) is 0. The van der Waals surface area contributed by atoms with Crippen molar-refractivity contribution in [2.24, 2.45) is 0 Å². The van der Waals surface area contributed by atoms with Crippen LogP contribution in [-0.2, 0) is 6.54 Å². The highest BCUT2D eigenvalue weighted by atomic mass is 19.1. The maximum absolute atomic E-state index is 13.5. The Bertz CT molecular complexity index is 792. The molecule has 0 unspecified atom stereocenters. The summed E-state index contributed by atoms with van der Waals surface area (Å²) in [5.74, 6) is 0.369. The molecule has 0 amide bonds. The van der Waals surface area contributed by atoms with Gasteiger partial charge >= 0.3 is 0 Å². The van der Waals surface area contributed by atoms with Crippen molar-refractivity contribution in [3.8, 4) is 5.82 Å². The molecular formula is C16H15FN4. The lowest BCUT2D eigenvalue weighted by atomic mass is 10.2. The van der Waals surface area contributed by atoms with Crippen molar-refractivity contribution in [1.82, 2.24) is 20.1 Å². The summed E-state index contributed by atoms with van der Waals surface area (Å²) >= 11 is 0. The Kier molecular flexibility index (Phi) is 2.93. The molecule has 106 valence electrons. The minimum Gasteiger partial charge on any atom is -0.310 e. The second kappa shape index (κ2) is 4.93. The van der Waals surface area contributed by atoms with Crippen LogP contribution >= 0.6 is 0 Å². The number of benzene rings is 1. The van der Waals surface area contributed by atoms with E-state index in [2.05, 4.69) is 15.4 Å². The summed E-state index contributed by atoms with van der Waals surface area (Å²) < 4.78 is 15.3. The average molecular weight is 282 g/mol. The van der Waals surface area contributed by atoms with Gasteiger partial charge in [-0.05, 0) is 25.0 Å². The maximum atomic E-state index is 13.5. The Morgan fingerprint density at radius 1 is 1.24 bits per heavy atom. The van der Waals surface area contributed by atoms with Gasteiger partial charge in [0, 0.05) is 23.5 Å². The van der Waals surface area contributed by atoms with Crippen molar-refractivity contribution in [3.05, 3.63) is 54.1 Å². The number of halogens is 1. The molecule has 0 spiro atoms. The third-order valence-corrected chi connectivity index (χ3v) is 3.75. The van der Waals surface area contributed by atoms with Gasteiger partial charge < -0.3 is 5.32 Å². The van der Waals surface area contributed by atoms with Crippen molar-refractivity contribution in [3.63, 3.8) is 0 Å². The van der Waals surface area contributed by atoms with Crippen molar-refractivity contribution >= 4 is 10.9 Å². The van der Waals surface area contributed by atoms with E-state index in [4.69, 9.17) is 0 Å². The fraction of sp³-hybridized carbons (Fsp3) is 0.250. The van der Waals surface area contributed by atoms with E-state index in [9.17, 15) is 4.39 Å². The van der Waals surface area contributed by atoms with Gasteiger partial charge in [-0.1, -0.05) is 18.2 Å². The van der Waals surface area contributed by atoms with Crippen LogP contribution in [0.5, 0.6) is 0 Å². The van der Waals surface area contributed by atoms with E-state index in [-0.39, 0.29) is 5.82 Å².